The Kier molecular flexibility index (Phi) is 5.21. The van der Waals surface area contributed by atoms with Gasteiger partial charge < -0.3 is 15.0 Å². The van der Waals surface area contributed by atoms with Gasteiger partial charge in [-0.1, -0.05) is 23.7 Å². The van der Waals surface area contributed by atoms with E-state index in [0.717, 1.165) is 10.4 Å². The molecule has 2 aromatic heterocycles. The highest BCUT2D eigenvalue weighted by atomic mass is 35.5. The summed E-state index contributed by atoms with van der Waals surface area (Å²) in [5.74, 6) is 0.130. The van der Waals surface area contributed by atoms with E-state index in [-0.39, 0.29) is 12.1 Å². The van der Waals surface area contributed by atoms with Crippen LogP contribution in [0.1, 0.15) is 15.9 Å². The number of carbonyl (C=O) groups excluding carboxylic acids is 1. The van der Waals surface area contributed by atoms with Crippen molar-refractivity contribution < 1.29 is 9.53 Å². The summed E-state index contributed by atoms with van der Waals surface area (Å²) in [5.41, 5.74) is 1.10. The lowest BCUT2D eigenvalue weighted by atomic mass is 10.2. The largest absolute Gasteiger partial charge is 0.496 e. The summed E-state index contributed by atoms with van der Waals surface area (Å²) in [7, 11) is 1.53. The molecule has 0 aliphatic carbocycles. The van der Waals surface area contributed by atoms with Gasteiger partial charge in [0.1, 0.15) is 11.3 Å². The summed E-state index contributed by atoms with van der Waals surface area (Å²) in [6.07, 6.45) is 0. The number of benzene rings is 1. The average Bonchev–Trinajstić information content (AvgIpc) is 3.14. The topological polar surface area (TPSA) is 71.2 Å². The van der Waals surface area contributed by atoms with E-state index in [1.54, 1.807) is 24.3 Å². The maximum Gasteiger partial charge on any atom is 0.261 e. The Balaban J connectivity index is 1.75. The van der Waals surface area contributed by atoms with Crippen molar-refractivity contribution in [2.45, 2.75) is 6.54 Å². The van der Waals surface area contributed by atoms with Gasteiger partial charge in [0.25, 0.3) is 11.5 Å². The molecule has 0 spiro atoms. The molecule has 3 aromatic rings. The van der Waals surface area contributed by atoms with Gasteiger partial charge in [0.15, 0.2) is 0 Å². The molecule has 3 rings (SSSR count). The second-order valence-electron chi connectivity index (χ2n) is 5.23. The highest BCUT2D eigenvalue weighted by molar-refractivity contribution is 7.13. The molecule has 1 aromatic carbocycles. The quantitative estimate of drug-likeness (QED) is 0.715. The average molecular weight is 375 g/mol. The van der Waals surface area contributed by atoms with Gasteiger partial charge in [0.05, 0.1) is 17.7 Å². The Labute approximate surface area is 153 Å². The standard InChI is InChI=1S/C18H15ClN2O3S/c1-24-15-9-12(19)5-4-11(15)10-20-17(22)13-6-7-14(21-18(13)23)16-3-2-8-25-16/h2-9H,10H2,1H3,(H,20,22)(H,21,23). The van der Waals surface area contributed by atoms with E-state index in [9.17, 15) is 9.59 Å². The third kappa shape index (κ3) is 3.92. The van der Waals surface area contributed by atoms with E-state index in [0.29, 0.717) is 16.5 Å². The lowest BCUT2D eigenvalue weighted by Crippen LogP contribution is -2.29. The van der Waals surface area contributed by atoms with Crippen LogP contribution in [0.25, 0.3) is 10.6 Å². The lowest BCUT2D eigenvalue weighted by molar-refractivity contribution is 0.0949. The van der Waals surface area contributed by atoms with E-state index in [2.05, 4.69) is 10.3 Å². The fourth-order valence-corrected chi connectivity index (χ4v) is 3.23. The van der Waals surface area contributed by atoms with Gasteiger partial charge in [-0.3, -0.25) is 9.59 Å². The van der Waals surface area contributed by atoms with Crippen LogP contribution in [0.15, 0.2) is 52.6 Å². The number of ether oxygens (including phenoxy) is 1. The van der Waals surface area contributed by atoms with Crippen LogP contribution in [0.4, 0.5) is 0 Å². The number of H-pyrrole nitrogens is 1. The molecule has 7 heteroatoms. The van der Waals surface area contributed by atoms with Crippen LogP contribution in [-0.4, -0.2) is 18.0 Å². The molecule has 0 radical (unpaired) electrons. The van der Waals surface area contributed by atoms with Crippen molar-refractivity contribution in [3.63, 3.8) is 0 Å². The number of hydrogen-bond donors (Lipinski definition) is 2. The van der Waals surface area contributed by atoms with E-state index in [1.165, 1.54) is 24.5 Å². The van der Waals surface area contributed by atoms with E-state index in [1.807, 2.05) is 17.5 Å². The molecule has 0 bridgehead atoms. The van der Waals surface area contributed by atoms with Gasteiger partial charge in [0.2, 0.25) is 0 Å². The number of halogens is 1. The highest BCUT2D eigenvalue weighted by Gasteiger charge is 2.13. The summed E-state index contributed by atoms with van der Waals surface area (Å²) in [6, 6.07) is 12.2. The first-order valence-electron chi connectivity index (χ1n) is 7.46. The number of pyridine rings is 1. The number of hydrogen-bond acceptors (Lipinski definition) is 4. The number of rotatable bonds is 5. The van der Waals surface area contributed by atoms with Crippen LogP contribution in [0, 0.1) is 0 Å². The van der Waals surface area contributed by atoms with Gasteiger partial charge in [-0.2, -0.15) is 0 Å². The van der Waals surface area contributed by atoms with Crippen molar-refractivity contribution in [3.05, 3.63) is 74.3 Å². The summed E-state index contributed by atoms with van der Waals surface area (Å²) in [5, 5.41) is 5.20. The van der Waals surface area contributed by atoms with Crippen molar-refractivity contribution in [3.8, 4) is 16.3 Å². The number of amides is 1. The first-order chi connectivity index (χ1) is 12.1. The third-order valence-electron chi connectivity index (χ3n) is 3.63. The van der Waals surface area contributed by atoms with Crippen molar-refractivity contribution in [2.75, 3.05) is 7.11 Å². The fourth-order valence-electron chi connectivity index (χ4n) is 2.36. The van der Waals surface area contributed by atoms with Crippen molar-refractivity contribution in [2.24, 2.45) is 0 Å². The molecule has 0 unspecified atom stereocenters. The third-order valence-corrected chi connectivity index (χ3v) is 4.77. The Morgan fingerprint density at radius 3 is 2.80 bits per heavy atom. The maximum atomic E-state index is 12.3. The normalized spacial score (nSPS) is 10.5. The van der Waals surface area contributed by atoms with Crippen LogP contribution in [0.3, 0.4) is 0 Å². The molecule has 0 saturated carbocycles. The highest BCUT2D eigenvalue weighted by Crippen LogP contribution is 2.23. The molecule has 25 heavy (non-hydrogen) atoms. The zero-order chi connectivity index (χ0) is 17.8. The summed E-state index contributed by atoms with van der Waals surface area (Å²) >= 11 is 7.44. The molecule has 0 aliphatic heterocycles. The molecule has 128 valence electrons. The Hall–Kier alpha value is -2.57. The minimum absolute atomic E-state index is 0.0632. The fraction of sp³-hybridized carbons (Fsp3) is 0.111. The Morgan fingerprint density at radius 1 is 1.28 bits per heavy atom. The number of aromatic amines is 1. The van der Waals surface area contributed by atoms with Gasteiger partial charge in [0, 0.05) is 17.1 Å². The SMILES string of the molecule is COc1cc(Cl)ccc1CNC(=O)c1ccc(-c2cccs2)[nH]c1=O. The minimum Gasteiger partial charge on any atom is -0.496 e. The number of thiophene rings is 1. The second kappa shape index (κ2) is 7.55. The first kappa shape index (κ1) is 17.3. The first-order valence-corrected chi connectivity index (χ1v) is 8.72. The molecule has 2 N–H and O–H groups in total. The lowest BCUT2D eigenvalue weighted by Gasteiger charge is -2.10. The second-order valence-corrected chi connectivity index (χ2v) is 6.62. The zero-order valence-corrected chi connectivity index (χ0v) is 14.9. The van der Waals surface area contributed by atoms with Crippen molar-refractivity contribution in [1.82, 2.24) is 10.3 Å². The van der Waals surface area contributed by atoms with Gasteiger partial charge in [-0.05, 0) is 35.7 Å². The monoisotopic (exact) mass is 374 g/mol. The summed E-state index contributed by atoms with van der Waals surface area (Å²) in [4.78, 5) is 28.2. The van der Waals surface area contributed by atoms with Crippen molar-refractivity contribution >= 4 is 28.8 Å². The Morgan fingerprint density at radius 2 is 2.12 bits per heavy atom. The molecule has 0 atom stereocenters. The summed E-state index contributed by atoms with van der Waals surface area (Å²) < 4.78 is 5.24. The van der Waals surface area contributed by atoms with Gasteiger partial charge >= 0.3 is 0 Å². The molecular weight excluding hydrogens is 360 g/mol. The predicted molar refractivity (Wildman–Crippen MR) is 99.5 cm³/mol. The predicted octanol–water partition coefficient (Wildman–Crippen LogP) is 3.70. The maximum absolute atomic E-state index is 12.3. The van der Waals surface area contributed by atoms with E-state index < -0.39 is 11.5 Å². The number of aromatic nitrogens is 1. The molecule has 1 amide bonds. The van der Waals surface area contributed by atoms with Crippen LogP contribution < -0.4 is 15.6 Å². The molecule has 0 aliphatic rings. The van der Waals surface area contributed by atoms with E-state index >= 15 is 0 Å². The smallest absolute Gasteiger partial charge is 0.261 e. The molecule has 2 heterocycles. The number of carbonyl (C=O) groups is 1. The van der Waals surface area contributed by atoms with Crippen LogP contribution >= 0.6 is 22.9 Å². The van der Waals surface area contributed by atoms with E-state index in [4.69, 9.17) is 16.3 Å². The molecule has 5 nitrogen and oxygen atoms in total. The van der Waals surface area contributed by atoms with Crippen LogP contribution in [0.5, 0.6) is 5.75 Å². The molecule has 0 fully saturated rings. The summed E-state index contributed by atoms with van der Waals surface area (Å²) in [6.45, 7) is 0.227. The Bertz CT molecular complexity index is 951. The number of methoxy groups -OCH3 is 1. The van der Waals surface area contributed by atoms with Gasteiger partial charge in [-0.25, -0.2) is 0 Å². The number of nitrogens with one attached hydrogen (secondary N) is 2. The van der Waals surface area contributed by atoms with Gasteiger partial charge in [-0.15, -0.1) is 11.3 Å². The van der Waals surface area contributed by atoms with Crippen molar-refractivity contribution in [1.29, 1.82) is 0 Å². The molecular formula is C18H15ClN2O3S. The zero-order valence-electron chi connectivity index (χ0n) is 13.3. The van der Waals surface area contributed by atoms with Crippen LogP contribution in [-0.2, 0) is 6.54 Å². The van der Waals surface area contributed by atoms with Crippen LogP contribution in [0.2, 0.25) is 5.02 Å². The molecule has 0 saturated heterocycles. The minimum atomic E-state index is -0.448.